The fourth-order valence-electron chi connectivity index (χ4n) is 1.56. The highest BCUT2D eigenvalue weighted by Crippen LogP contribution is 2.24. The molecule has 0 bridgehead atoms. The Labute approximate surface area is 94.6 Å². The van der Waals surface area contributed by atoms with Gasteiger partial charge in [-0.25, -0.2) is 4.39 Å². The van der Waals surface area contributed by atoms with Crippen LogP contribution < -0.4 is 11.1 Å². The van der Waals surface area contributed by atoms with E-state index < -0.39 is 0 Å². The molecule has 1 atom stereocenters. The number of rotatable bonds is 5. The Balaban J connectivity index is 2.85. The Hall–Kier alpha value is -0.640. The molecule has 0 aromatic heterocycles. The molecule has 84 valence electrons. The lowest BCUT2D eigenvalue weighted by molar-refractivity contribution is 0.497. The van der Waals surface area contributed by atoms with Crippen LogP contribution in [0.15, 0.2) is 18.2 Å². The molecule has 0 amide bonds. The quantitative estimate of drug-likeness (QED) is 0.816. The highest BCUT2D eigenvalue weighted by Gasteiger charge is 2.13. The summed E-state index contributed by atoms with van der Waals surface area (Å²) in [5.74, 6) is -0.226. The highest BCUT2D eigenvalue weighted by molar-refractivity contribution is 6.30. The zero-order valence-corrected chi connectivity index (χ0v) is 9.52. The molecule has 1 aromatic rings. The summed E-state index contributed by atoms with van der Waals surface area (Å²) in [6.45, 7) is 0.611. The molecule has 15 heavy (non-hydrogen) atoms. The number of benzene rings is 1. The highest BCUT2D eigenvalue weighted by atomic mass is 35.5. The van der Waals surface area contributed by atoms with Crippen LogP contribution in [0.1, 0.15) is 24.4 Å². The maximum absolute atomic E-state index is 13.5. The smallest absolute Gasteiger partial charge is 0.128 e. The van der Waals surface area contributed by atoms with E-state index in [0.29, 0.717) is 17.1 Å². The molecule has 0 radical (unpaired) electrons. The van der Waals surface area contributed by atoms with Gasteiger partial charge in [0, 0.05) is 16.6 Å². The number of hydrogen-bond donors (Lipinski definition) is 2. The second-order valence-corrected chi connectivity index (χ2v) is 3.87. The standard InChI is InChI=1S/C11H16ClFN2/c1-15-11(3-2-6-14)9-7-8(12)4-5-10(9)13/h4-5,7,11,15H,2-3,6,14H2,1H3. The summed E-state index contributed by atoms with van der Waals surface area (Å²) in [5, 5.41) is 3.62. The molecular weight excluding hydrogens is 215 g/mol. The summed E-state index contributed by atoms with van der Waals surface area (Å²) in [6.07, 6.45) is 1.67. The van der Waals surface area contributed by atoms with E-state index in [1.54, 1.807) is 12.1 Å². The van der Waals surface area contributed by atoms with E-state index in [1.807, 2.05) is 7.05 Å². The Kier molecular flexibility index (Phi) is 5.02. The van der Waals surface area contributed by atoms with Gasteiger partial charge in [-0.05, 0) is 44.6 Å². The van der Waals surface area contributed by atoms with Crippen LogP contribution in [0.2, 0.25) is 5.02 Å². The van der Waals surface area contributed by atoms with Crippen molar-refractivity contribution in [3.05, 3.63) is 34.6 Å². The maximum Gasteiger partial charge on any atom is 0.128 e. The summed E-state index contributed by atoms with van der Waals surface area (Å²) in [4.78, 5) is 0. The van der Waals surface area contributed by atoms with Crippen molar-refractivity contribution in [3.8, 4) is 0 Å². The monoisotopic (exact) mass is 230 g/mol. The predicted molar refractivity (Wildman–Crippen MR) is 61.5 cm³/mol. The minimum absolute atomic E-state index is 0.0211. The lowest BCUT2D eigenvalue weighted by Crippen LogP contribution is -2.18. The SMILES string of the molecule is CNC(CCCN)c1cc(Cl)ccc1F. The molecule has 0 aliphatic rings. The fourth-order valence-corrected chi connectivity index (χ4v) is 1.74. The van der Waals surface area contributed by atoms with Gasteiger partial charge in [-0.1, -0.05) is 11.6 Å². The van der Waals surface area contributed by atoms with Crippen LogP contribution in [0.25, 0.3) is 0 Å². The van der Waals surface area contributed by atoms with Crippen molar-refractivity contribution in [1.29, 1.82) is 0 Å². The zero-order valence-electron chi connectivity index (χ0n) is 8.76. The van der Waals surface area contributed by atoms with Gasteiger partial charge in [-0.15, -0.1) is 0 Å². The van der Waals surface area contributed by atoms with Crippen LogP contribution >= 0.6 is 11.6 Å². The first-order valence-corrected chi connectivity index (χ1v) is 5.39. The van der Waals surface area contributed by atoms with Crippen LogP contribution in [-0.2, 0) is 0 Å². The van der Waals surface area contributed by atoms with Crippen molar-refractivity contribution in [2.24, 2.45) is 5.73 Å². The van der Waals surface area contributed by atoms with Crippen molar-refractivity contribution < 1.29 is 4.39 Å². The van der Waals surface area contributed by atoms with Crippen molar-refractivity contribution >= 4 is 11.6 Å². The van der Waals surface area contributed by atoms with Gasteiger partial charge in [-0.2, -0.15) is 0 Å². The maximum atomic E-state index is 13.5. The Bertz CT molecular complexity index is 317. The normalized spacial score (nSPS) is 12.8. The molecule has 1 aromatic carbocycles. The predicted octanol–water partition coefficient (Wildman–Crippen LogP) is 2.48. The summed E-state index contributed by atoms with van der Waals surface area (Å²) in [7, 11) is 1.81. The molecule has 1 unspecified atom stereocenters. The second kappa shape index (κ2) is 6.05. The van der Waals surface area contributed by atoms with E-state index in [1.165, 1.54) is 6.07 Å². The first kappa shape index (κ1) is 12.4. The molecule has 0 saturated heterocycles. The second-order valence-electron chi connectivity index (χ2n) is 3.44. The van der Waals surface area contributed by atoms with Gasteiger partial charge in [0.15, 0.2) is 0 Å². The largest absolute Gasteiger partial charge is 0.330 e. The Morgan fingerprint density at radius 1 is 1.53 bits per heavy atom. The third-order valence-corrected chi connectivity index (χ3v) is 2.61. The molecule has 0 aliphatic heterocycles. The molecule has 0 saturated carbocycles. The summed E-state index contributed by atoms with van der Waals surface area (Å²) in [5.41, 5.74) is 6.04. The van der Waals surface area contributed by atoms with Gasteiger partial charge in [-0.3, -0.25) is 0 Å². The number of halogens is 2. The zero-order chi connectivity index (χ0) is 11.3. The van der Waals surface area contributed by atoms with Gasteiger partial charge in [0.1, 0.15) is 5.82 Å². The number of nitrogens with one attached hydrogen (secondary N) is 1. The van der Waals surface area contributed by atoms with E-state index in [0.717, 1.165) is 12.8 Å². The molecule has 0 spiro atoms. The molecule has 3 N–H and O–H groups in total. The van der Waals surface area contributed by atoms with Crippen LogP contribution in [0.3, 0.4) is 0 Å². The van der Waals surface area contributed by atoms with Crippen molar-refractivity contribution in [3.63, 3.8) is 0 Å². The van der Waals surface area contributed by atoms with E-state index >= 15 is 0 Å². The Morgan fingerprint density at radius 3 is 2.87 bits per heavy atom. The molecule has 1 rings (SSSR count). The minimum Gasteiger partial charge on any atom is -0.330 e. The molecular formula is C11H16ClFN2. The van der Waals surface area contributed by atoms with Crippen LogP contribution in [0.5, 0.6) is 0 Å². The van der Waals surface area contributed by atoms with Crippen molar-refractivity contribution in [2.75, 3.05) is 13.6 Å². The topological polar surface area (TPSA) is 38.0 Å². The van der Waals surface area contributed by atoms with Gasteiger partial charge in [0.2, 0.25) is 0 Å². The fraction of sp³-hybridized carbons (Fsp3) is 0.455. The van der Waals surface area contributed by atoms with E-state index in [9.17, 15) is 4.39 Å². The molecule has 0 heterocycles. The molecule has 0 aliphatic carbocycles. The average molecular weight is 231 g/mol. The van der Waals surface area contributed by atoms with Gasteiger partial charge >= 0.3 is 0 Å². The lowest BCUT2D eigenvalue weighted by atomic mass is 10.0. The number of nitrogens with two attached hydrogens (primary N) is 1. The summed E-state index contributed by atoms with van der Waals surface area (Å²) < 4.78 is 13.5. The molecule has 2 nitrogen and oxygen atoms in total. The third-order valence-electron chi connectivity index (χ3n) is 2.38. The summed E-state index contributed by atoms with van der Waals surface area (Å²) >= 11 is 5.83. The Morgan fingerprint density at radius 2 is 2.27 bits per heavy atom. The average Bonchev–Trinajstić information content (AvgIpc) is 2.24. The van der Waals surface area contributed by atoms with E-state index in [4.69, 9.17) is 17.3 Å². The van der Waals surface area contributed by atoms with E-state index in [2.05, 4.69) is 5.32 Å². The van der Waals surface area contributed by atoms with Gasteiger partial charge in [0.25, 0.3) is 0 Å². The molecule has 0 fully saturated rings. The minimum atomic E-state index is -0.226. The van der Waals surface area contributed by atoms with E-state index in [-0.39, 0.29) is 11.9 Å². The summed E-state index contributed by atoms with van der Waals surface area (Å²) in [6, 6.07) is 4.59. The number of hydrogen-bond acceptors (Lipinski definition) is 2. The van der Waals surface area contributed by atoms with Crippen LogP contribution in [0.4, 0.5) is 4.39 Å². The van der Waals surface area contributed by atoms with Gasteiger partial charge < -0.3 is 11.1 Å². The first-order chi connectivity index (χ1) is 7.19. The molecule has 4 heteroatoms. The van der Waals surface area contributed by atoms with Crippen LogP contribution in [0, 0.1) is 5.82 Å². The van der Waals surface area contributed by atoms with Crippen molar-refractivity contribution in [2.45, 2.75) is 18.9 Å². The van der Waals surface area contributed by atoms with Crippen molar-refractivity contribution in [1.82, 2.24) is 5.32 Å². The lowest BCUT2D eigenvalue weighted by Gasteiger charge is -2.17. The first-order valence-electron chi connectivity index (χ1n) is 5.01. The van der Waals surface area contributed by atoms with Gasteiger partial charge in [0.05, 0.1) is 0 Å². The third kappa shape index (κ3) is 3.45. The van der Waals surface area contributed by atoms with Crippen LogP contribution in [-0.4, -0.2) is 13.6 Å².